The summed E-state index contributed by atoms with van der Waals surface area (Å²) in [4.78, 5) is 23.4. The maximum absolute atomic E-state index is 12.5. The Hall–Kier alpha value is -2.04. The average molecular weight is 291 g/mol. The molecule has 1 aliphatic rings. The van der Waals surface area contributed by atoms with Crippen LogP contribution in [0.15, 0.2) is 18.2 Å². The third kappa shape index (κ3) is 2.73. The molecule has 114 valence electrons. The summed E-state index contributed by atoms with van der Waals surface area (Å²) in [5, 5.41) is 11.5. The number of nitrogens with one attached hydrogen (secondary N) is 1. The summed E-state index contributed by atoms with van der Waals surface area (Å²) in [5.74, 6) is -0.494. The van der Waals surface area contributed by atoms with E-state index in [1.807, 2.05) is 25.1 Å². The number of carboxylic acids is 1. The van der Waals surface area contributed by atoms with Gasteiger partial charge in [-0.05, 0) is 43.9 Å². The number of hydrogen-bond donors (Lipinski definition) is 2. The van der Waals surface area contributed by atoms with Crippen molar-refractivity contribution in [3.63, 3.8) is 0 Å². The van der Waals surface area contributed by atoms with Gasteiger partial charge in [-0.25, -0.2) is 0 Å². The van der Waals surface area contributed by atoms with Crippen LogP contribution in [-0.2, 0) is 15.0 Å². The number of carbonyl (C=O) groups is 2. The van der Waals surface area contributed by atoms with E-state index in [-0.39, 0.29) is 5.91 Å². The Kier molecular flexibility index (Phi) is 4.21. The number of aryl methyl sites for hydroxylation is 1. The summed E-state index contributed by atoms with van der Waals surface area (Å²) < 4.78 is 5.32. The lowest BCUT2D eigenvalue weighted by atomic mass is 9.63. The van der Waals surface area contributed by atoms with Crippen LogP contribution in [-0.4, -0.2) is 30.1 Å². The van der Waals surface area contributed by atoms with Crippen molar-refractivity contribution in [1.82, 2.24) is 5.32 Å². The summed E-state index contributed by atoms with van der Waals surface area (Å²) in [6, 6.07) is 4.87. The van der Waals surface area contributed by atoms with Gasteiger partial charge in [0.1, 0.15) is 11.8 Å². The second kappa shape index (κ2) is 5.76. The van der Waals surface area contributed by atoms with Crippen molar-refractivity contribution in [3.05, 3.63) is 29.3 Å². The molecule has 2 rings (SSSR count). The molecule has 1 fully saturated rings. The zero-order chi connectivity index (χ0) is 15.6. The Bertz CT molecular complexity index is 563. The first-order chi connectivity index (χ1) is 9.90. The fourth-order valence-electron chi connectivity index (χ4n) is 2.69. The van der Waals surface area contributed by atoms with Gasteiger partial charge in [-0.1, -0.05) is 18.6 Å². The molecule has 21 heavy (non-hydrogen) atoms. The minimum atomic E-state index is -1.03. The highest BCUT2D eigenvalue weighted by molar-refractivity contribution is 5.92. The molecule has 0 spiro atoms. The van der Waals surface area contributed by atoms with E-state index in [1.54, 1.807) is 7.11 Å². The molecule has 5 heteroatoms. The second-order valence-electron chi connectivity index (χ2n) is 5.65. The minimum absolute atomic E-state index is 0.213. The van der Waals surface area contributed by atoms with Crippen LogP contribution in [0.25, 0.3) is 0 Å². The number of carbonyl (C=O) groups excluding carboxylic acids is 1. The van der Waals surface area contributed by atoms with E-state index in [0.717, 1.165) is 36.1 Å². The molecule has 1 saturated carbocycles. The molecule has 1 aromatic rings. The first-order valence-corrected chi connectivity index (χ1v) is 7.09. The molecular formula is C16H21NO4. The molecular weight excluding hydrogens is 270 g/mol. The number of hydrogen-bond acceptors (Lipinski definition) is 3. The smallest absolute Gasteiger partial charge is 0.325 e. The average Bonchev–Trinajstić information content (AvgIpc) is 2.39. The van der Waals surface area contributed by atoms with E-state index in [9.17, 15) is 9.59 Å². The number of carboxylic acid groups (broad SMARTS) is 1. The molecule has 0 saturated heterocycles. The Morgan fingerprint density at radius 1 is 1.38 bits per heavy atom. The third-order valence-electron chi connectivity index (χ3n) is 4.32. The van der Waals surface area contributed by atoms with Crippen LogP contribution in [0.2, 0.25) is 0 Å². The van der Waals surface area contributed by atoms with Gasteiger partial charge in [0, 0.05) is 0 Å². The summed E-state index contributed by atoms with van der Waals surface area (Å²) in [5.41, 5.74) is 1.28. The predicted molar refractivity (Wildman–Crippen MR) is 78.5 cm³/mol. The van der Waals surface area contributed by atoms with Crippen molar-refractivity contribution in [2.45, 2.75) is 44.6 Å². The van der Waals surface area contributed by atoms with Crippen molar-refractivity contribution < 1.29 is 19.4 Å². The molecule has 0 aromatic heterocycles. The lowest BCUT2D eigenvalue weighted by molar-refractivity contribution is -0.143. The molecule has 0 aliphatic heterocycles. The maximum Gasteiger partial charge on any atom is 0.325 e. The number of amides is 1. The van der Waals surface area contributed by atoms with Gasteiger partial charge in [-0.3, -0.25) is 9.59 Å². The molecule has 0 radical (unpaired) electrons. The van der Waals surface area contributed by atoms with Gasteiger partial charge < -0.3 is 15.2 Å². The van der Waals surface area contributed by atoms with Crippen molar-refractivity contribution in [2.75, 3.05) is 7.11 Å². The van der Waals surface area contributed by atoms with Gasteiger partial charge in [-0.2, -0.15) is 0 Å². The largest absolute Gasteiger partial charge is 0.496 e. The number of aliphatic carboxylic acids is 1. The Labute approximate surface area is 124 Å². The van der Waals surface area contributed by atoms with Crippen LogP contribution in [0, 0.1) is 6.92 Å². The Morgan fingerprint density at radius 3 is 2.52 bits per heavy atom. The van der Waals surface area contributed by atoms with Gasteiger partial charge in [0.15, 0.2) is 0 Å². The van der Waals surface area contributed by atoms with Crippen molar-refractivity contribution in [3.8, 4) is 5.75 Å². The highest BCUT2D eigenvalue weighted by atomic mass is 16.5. The first kappa shape index (κ1) is 15.4. The van der Waals surface area contributed by atoms with Gasteiger partial charge >= 0.3 is 5.97 Å². The van der Waals surface area contributed by atoms with Crippen LogP contribution in [0.4, 0.5) is 0 Å². The number of methoxy groups -OCH3 is 1. The number of benzene rings is 1. The van der Waals surface area contributed by atoms with Crippen LogP contribution < -0.4 is 10.1 Å². The molecule has 1 atom stereocenters. The zero-order valence-electron chi connectivity index (χ0n) is 12.6. The van der Waals surface area contributed by atoms with Gasteiger partial charge in [-0.15, -0.1) is 0 Å². The second-order valence-corrected chi connectivity index (χ2v) is 5.65. The quantitative estimate of drug-likeness (QED) is 0.870. The lowest BCUT2D eigenvalue weighted by Gasteiger charge is -2.41. The fourth-order valence-corrected chi connectivity index (χ4v) is 2.69. The normalized spacial score (nSPS) is 17.5. The summed E-state index contributed by atoms with van der Waals surface area (Å²) in [6.07, 6.45) is 2.43. The molecule has 1 aromatic carbocycles. The minimum Gasteiger partial charge on any atom is -0.496 e. The monoisotopic (exact) mass is 291 g/mol. The lowest BCUT2D eigenvalue weighted by Crippen LogP contribution is -2.53. The Balaban J connectivity index is 2.29. The van der Waals surface area contributed by atoms with E-state index in [2.05, 4.69) is 5.32 Å². The SMILES string of the molecule is COc1cc(C2(C(=O)N[C@H](C)C(=O)O)CCC2)ccc1C. The predicted octanol–water partition coefficient (Wildman–Crippen LogP) is 2.01. The highest BCUT2D eigenvalue weighted by Crippen LogP contribution is 2.45. The molecule has 0 heterocycles. The van der Waals surface area contributed by atoms with E-state index in [4.69, 9.17) is 9.84 Å². The van der Waals surface area contributed by atoms with Crippen LogP contribution in [0.3, 0.4) is 0 Å². The fraction of sp³-hybridized carbons (Fsp3) is 0.500. The Morgan fingerprint density at radius 2 is 2.05 bits per heavy atom. The number of rotatable bonds is 5. The van der Waals surface area contributed by atoms with Gasteiger partial charge in [0.05, 0.1) is 12.5 Å². The van der Waals surface area contributed by atoms with Crippen molar-refractivity contribution in [1.29, 1.82) is 0 Å². The number of ether oxygens (including phenoxy) is 1. The van der Waals surface area contributed by atoms with Crippen LogP contribution >= 0.6 is 0 Å². The van der Waals surface area contributed by atoms with E-state index in [0.29, 0.717) is 0 Å². The summed E-state index contributed by atoms with van der Waals surface area (Å²) in [7, 11) is 1.60. The summed E-state index contributed by atoms with van der Waals surface area (Å²) >= 11 is 0. The summed E-state index contributed by atoms with van der Waals surface area (Å²) in [6.45, 7) is 3.42. The third-order valence-corrected chi connectivity index (χ3v) is 4.32. The molecule has 0 bridgehead atoms. The van der Waals surface area contributed by atoms with Crippen molar-refractivity contribution in [2.24, 2.45) is 0 Å². The van der Waals surface area contributed by atoms with E-state index >= 15 is 0 Å². The van der Waals surface area contributed by atoms with Gasteiger partial charge in [0.25, 0.3) is 0 Å². The molecule has 0 unspecified atom stereocenters. The first-order valence-electron chi connectivity index (χ1n) is 7.09. The molecule has 1 aliphatic carbocycles. The van der Waals surface area contributed by atoms with E-state index in [1.165, 1.54) is 6.92 Å². The zero-order valence-corrected chi connectivity index (χ0v) is 12.6. The van der Waals surface area contributed by atoms with Gasteiger partial charge in [0.2, 0.25) is 5.91 Å². The maximum atomic E-state index is 12.5. The molecule has 1 amide bonds. The van der Waals surface area contributed by atoms with Crippen LogP contribution in [0.1, 0.15) is 37.3 Å². The van der Waals surface area contributed by atoms with Crippen molar-refractivity contribution >= 4 is 11.9 Å². The molecule has 5 nitrogen and oxygen atoms in total. The molecule has 2 N–H and O–H groups in total. The topological polar surface area (TPSA) is 75.6 Å². The standard InChI is InChI=1S/C16H21NO4/c1-10-5-6-12(9-13(10)21-3)16(7-4-8-16)15(20)17-11(2)14(18)19/h5-6,9,11H,4,7-8H2,1-3H3,(H,17,20)(H,18,19)/t11-/m1/s1. The highest BCUT2D eigenvalue weighted by Gasteiger charge is 2.46. The van der Waals surface area contributed by atoms with E-state index < -0.39 is 17.4 Å². The van der Waals surface area contributed by atoms with Crippen LogP contribution in [0.5, 0.6) is 5.75 Å².